The smallest absolute Gasteiger partial charge is 0.512 e. The van der Waals surface area contributed by atoms with E-state index in [0.29, 0.717) is 0 Å². The molecule has 0 aliphatic carbocycles. The molecule has 0 amide bonds. The van der Waals surface area contributed by atoms with Gasteiger partial charge in [-0.3, -0.25) is 9.11 Å². The van der Waals surface area contributed by atoms with E-state index in [-0.39, 0.29) is 35.3 Å². The first-order valence-electron chi connectivity index (χ1n) is 2.25. The fraction of sp³-hybridized carbons (Fsp3) is 0.400. The van der Waals surface area contributed by atoms with Crippen LogP contribution in [0.5, 0.6) is 0 Å². The van der Waals surface area contributed by atoms with E-state index in [4.69, 9.17) is 29.9 Å². The van der Waals surface area contributed by atoms with Crippen molar-refractivity contribution in [1.82, 2.24) is 0 Å². The summed E-state index contributed by atoms with van der Waals surface area (Å²) in [5, 5.41) is 6.25. The summed E-state index contributed by atoms with van der Waals surface area (Å²) >= 11 is -2.61. The zero-order chi connectivity index (χ0) is 11.2. The third kappa shape index (κ3) is 117000. The first-order chi connectivity index (χ1) is 5.46. The van der Waals surface area contributed by atoms with Crippen LogP contribution in [0.25, 0.3) is 0 Å². The van der Waals surface area contributed by atoms with Gasteiger partial charge in [0.25, 0.3) is 11.4 Å². The van der Waals surface area contributed by atoms with Crippen LogP contribution in [0.1, 0.15) is 13.8 Å². The number of Topliss-reactive ketones (excluding diaryl/α,β-unsaturated/α-hetero) is 1. The SMILES string of the molecule is C=O.CC(C)=O.O=S(O)O.[C-]#N.[Na+]. The summed E-state index contributed by atoms with van der Waals surface area (Å²) in [5.41, 5.74) is 0. The maximum Gasteiger partial charge on any atom is 1.00 e. The van der Waals surface area contributed by atoms with Crippen molar-refractivity contribution >= 4 is 23.9 Å². The molecule has 0 saturated carbocycles. The molecule has 0 aromatic rings. The number of carbonyl (C=O) groups is 2. The average molecular weight is 219 g/mol. The van der Waals surface area contributed by atoms with Crippen molar-refractivity contribution in [1.29, 1.82) is 5.26 Å². The molecule has 0 saturated heterocycles. The second kappa shape index (κ2) is 40.6. The normalized spacial score (nSPS) is 5.15. The van der Waals surface area contributed by atoms with Crippen molar-refractivity contribution < 1.29 is 52.5 Å². The van der Waals surface area contributed by atoms with Crippen molar-refractivity contribution in [2.75, 3.05) is 0 Å². The van der Waals surface area contributed by atoms with E-state index in [1.165, 1.54) is 13.8 Å². The van der Waals surface area contributed by atoms with Gasteiger partial charge in [-0.1, -0.05) is 0 Å². The molecule has 0 aliphatic heterocycles. The van der Waals surface area contributed by atoms with Crippen LogP contribution >= 0.6 is 0 Å². The van der Waals surface area contributed by atoms with Gasteiger partial charge in [0.1, 0.15) is 12.6 Å². The zero-order valence-corrected chi connectivity index (χ0v) is 10.5. The van der Waals surface area contributed by atoms with Crippen LogP contribution in [0.3, 0.4) is 0 Å². The predicted octanol–water partition coefficient (Wildman–Crippen LogP) is -2.81. The maximum atomic E-state index is 9.44. The summed E-state index contributed by atoms with van der Waals surface area (Å²) in [4.78, 5) is 17.4. The van der Waals surface area contributed by atoms with Gasteiger partial charge in [-0.25, -0.2) is 0 Å². The van der Waals surface area contributed by atoms with Crippen LogP contribution in [-0.4, -0.2) is 25.9 Å². The average Bonchev–Trinajstić information content (AvgIpc) is 1.93. The van der Waals surface area contributed by atoms with E-state index in [1.807, 2.05) is 6.79 Å². The molecule has 0 aromatic heterocycles. The molecule has 8 heteroatoms. The minimum Gasteiger partial charge on any atom is -0.512 e. The van der Waals surface area contributed by atoms with Gasteiger partial charge < -0.3 is 21.4 Å². The number of nitrogens with zero attached hydrogens (tertiary/aromatic N) is 1. The summed E-state index contributed by atoms with van der Waals surface area (Å²) < 4.78 is 22.8. The fourth-order valence-corrected chi connectivity index (χ4v) is 0. The molecule has 0 bridgehead atoms. The molecule has 6 nitrogen and oxygen atoms in total. The number of hydrogen-bond acceptors (Lipinski definition) is 4. The van der Waals surface area contributed by atoms with Crippen molar-refractivity contribution in [2.45, 2.75) is 13.8 Å². The van der Waals surface area contributed by atoms with E-state index >= 15 is 0 Å². The van der Waals surface area contributed by atoms with E-state index < -0.39 is 11.4 Å². The summed E-state index contributed by atoms with van der Waals surface area (Å²) in [6.07, 6.45) is 0. The van der Waals surface area contributed by atoms with Crippen LogP contribution in [0.15, 0.2) is 0 Å². The molecule has 0 heterocycles. The largest absolute Gasteiger partial charge is 1.00 e. The Hall–Kier alpha value is -0.100. The molecule has 0 radical (unpaired) electrons. The number of rotatable bonds is 0. The quantitative estimate of drug-likeness (QED) is 0.258. The topological polar surface area (TPSA) is 115 Å². The minimum atomic E-state index is -2.61. The van der Waals surface area contributed by atoms with Gasteiger partial charge in [0.2, 0.25) is 0 Å². The molecular formula is C5H10NNaO5S. The molecule has 13 heavy (non-hydrogen) atoms. The van der Waals surface area contributed by atoms with Crippen molar-refractivity contribution in [3.8, 4) is 0 Å². The fourth-order valence-electron chi connectivity index (χ4n) is 0. The van der Waals surface area contributed by atoms with Gasteiger partial charge in [-0.2, -0.15) is 4.21 Å². The van der Waals surface area contributed by atoms with E-state index in [9.17, 15) is 4.79 Å². The van der Waals surface area contributed by atoms with Gasteiger partial charge in [0, 0.05) is 0 Å². The van der Waals surface area contributed by atoms with Crippen LogP contribution < -0.4 is 29.6 Å². The van der Waals surface area contributed by atoms with Crippen LogP contribution in [0, 0.1) is 11.8 Å². The Morgan fingerprint density at radius 3 is 1.31 bits per heavy atom. The Morgan fingerprint density at radius 1 is 1.31 bits per heavy atom. The molecular weight excluding hydrogens is 209 g/mol. The predicted molar refractivity (Wildman–Crippen MR) is 41.8 cm³/mol. The van der Waals surface area contributed by atoms with E-state index in [1.54, 1.807) is 0 Å². The van der Waals surface area contributed by atoms with Crippen LogP contribution in [0.4, 0.5) is 0 Å². The number of carbonyl (C=O) groups excluding carboxylic acids is 2. The molecule has 0 atom stereocenters. The van der Waals surface area contributed by atoms with Gasteiger partial charge in [0.15, 0.2) is 0 Å². The maximum absolute atomic E-state index is 9.44. The second-order valence-electron chi connectivity index (χ2n) is 1.14. The summed E-state index contributed by atoms with van der Waals surface area (Å²) in [5.74, 6) is 0.167. The summed E-state index contributed by atoms with van der Waals surface area (Å²) in [7, 11) is 0. The van der Waals surface area contributed by atoms with Gasteiger partial charge in [-0.05, 0) is 13.8 Å². The molecule has 0 fully saturated rings. The van der Waals surface area contributed by atoms with Crippen molar-refractivity contribution in [3.05, 3.63) is 6.57 Å². The molecule has 0 spiro atoms. The Balaban J connectivity index is -0.0000000226. The number of hydrogen-bond donors (Lipinski definition) is 2. The van der Waals surface area contributed by atoms with Gasteiger partial charge >= 0.3 is 29.6 Å². The zero-order valence-electron chi connectivity index (χ0n) is 7.68. The first kappa shape index (κ1) is 29.3. The van der Waals surface area contributed by atoms with Crippen LogP contribution in [-0.2, 0) is 21.0 Å². The van der Waals surface area contributed by atoms with Crippen LogP contribution in [0.2, 0.25) is 0 Å². The van der Waals surface area contributed by atoms with E-state index in [2.05, 4.69) is 0 Å². The Kier molecular flexibility index (Phi) is 91.4. The minimum absolute atomic E-state index is 0. The van der Waals surface area contributed by atoms with Gasteiger partial charge in [0.05, 0.1) is 0 Å². The third-order valence-corrected chi connectivity index (χ3v) is 0. The van der Waals surface area contributed by atoms with Crippen molar-refractivity contribution in [2.24, 2.45) is 0 Å². The van der Waals surface area contributed by atoms with Gasteiger partial charge in [-0.15, -0.1) is 0 Å². The molecule has 0 rings (SSSR count). The Morgan fingerprint density at radius 2 is 1.31 bits per heavy atom. The molecule has 2 N–H and O–H groups in total. The van der Waals surface area contributed by atoms with Crippen molar-refractivity contribution in [3.63, 3.8) is 0 Å². The molecule has 72 valence electrons. The Labute approximate surface area is 102 Å². The molecule has 0 unspecified atom stereocenters. The summed E-state index contributed by atoms with van der Waals surface area (Å²) in [6.45, 7) is 9.81. The third-order valence-electron chi connectivity index (χ3n) is 0. The second-order valence-corrected chi connectivity index (χ2v) is 1.60. The number of ketones is 1. The van der Waals surface area contributed by atoms with E-state index in [0.717, 1.165) is 0 Å². The summed E-state index contributed by atoms with van der Waals surface area (Å²) in [6, 6.07) is 0. The molecule has 0 aliphatic rings. The first-order valence-corrected chi connectivity index (χ1v) is 3.31. The monoisotopic (exact) mass is 219 g/mol. The Bertz CT molecular complexity index is 120. The molecule has 0 aromatic carbocycles. The standard InChI is InChI=1S/C3H6O.CN.CH2O.Na.H2O3S/c1-3(2)4;2*1-2;;1-4(2)3/h1-2H3;;1H2;;(H2,1,2,3)/q;-1;;+1;.